The summed E-state index contributed by atoms with van der Waals surface area (Å²) in [4.78, 5) is 36.4. The number of nitrogens with two attached hydrogens (primary N) is 1. The van der Waals surface area contributed by atoms with Crippen molar-refractivity contribution in [2.24, 2.45) is 0 Å². The highest BCUT2D eigenvalue weighted by Crippen LogP contribution is 2.16. The zero-order chi connectivity index (χ0) is 18.4. The number of nitrogens with zero attached hydrogens (tertiary/aromatic N) is 4. The third-order valence-corrected chi connectivity index (χ3v) is 4.70. The van der Waals surface area contributed by atoms with Gasteiger partial charge < -0.3 is 20.9 Å². The zero-order valence-electron chi connectivity index (χ0n) is 15.0. The maximum absolute atomic E-state index is 12.7. The Morgan fingerprint density at radius 2 is 2.00 bits per heavy atom. The van der Waals surface area contributed by atoms with Gasteiger partial charge in [0.25, 0.3) is 0 Å². The predicted octanol–water partition coefficient (Wildman–Crippen LogP) is 0.274. The van der Waals surface area contributed by atoms with Gasteiger partial charge in [-0.15, -0.1) is 0 Å². The summed E-state index contributed by atoms with van der Waals surface area (Å²) in [6, 6.07) is 1.44. The molecule has 0 saturated carbocycles. The van der Waals surface area contributed by atoms with Crippen LogP contribution in [0.2, 0.25) is 0 Å². The molecule has 9 heteroatoms. The summed E-state index contributed by atoms with van der Waals surface area (Å²) in [7, 11) is 0. The van der Waals surface area contributed by atoms with Crippen molar-refractivity contribution in [3.63, 3.8) is 0 Å². The van der Waals surface area contributed by atoms with Crippen LogP contribution in [0.4, 0.5) is 11.8 Å². The van der Waals surface area contributed by atoms with Gasteiger partial charge in [-0.25, -0.2) is 4.98 Å². The number of rotatable bonds is 6. The second kappa shape index (κ2) is 8.89. The summed E-state index contributed by atoms with van der Waals surface area (Å²) in [5.41, 5.74) is 6.54. The second-order valence-electron chi connectivity index (χ2n) is 6.07. The standard InChI is InChI=1S/C16H26N6O2S/c1-11-10-14(20-16(17)18-11)21-5-7-22(8-6-21)15(24)13(4-9-25-3)19-12(2)23/h10,13H,4-9H2,1-3H3,(H,19,23)(H2,17,18,20). The van der Waals surface area contributed by atoms with Gasteiger partial charge in [-0.1, -0.05) is 0 Å². The number of piperazine rings is 1. The van der Waals surface area contributed by atoms with Crippen LogP contribution in [-0.2, 0) is 9.59 Å². The molecule has 1 aliphatic rings. The van der Waals surface area contributed by atoms with Crippen molar-refractivity contribution < 1.29 is 9.59 Å². The van der Waals surface area contributed by atoms with Crippen LogP contribution in [0.5, 0.6) is 0 Å². The van der Waals surface area contributed by atoms with E-state index in [1.165, 1.54) is 6.92 Å². The normalized spacial score (nSPS) is 15.8. The van der Waals surface area contributed by atoms with Crippen LogP contribution in [-0.4, -0.2) is 70.9 Å². The largest absolute Gasteiger partial charge is 0.368 e. The first-order valence-electron chi connectivity index (χ1n) is 8.31. The number of carbonyl (C=O) groups excluding carboxylic acids is 2. The van der Waals surface area contributed by atoms with Crippen molar-refractivity contribution in [2.75, 3.05) is 48.8 Å². The smallest absolute Gasteiger partial charge is 0.245 e. The number of anilines is 2. The average Bonchev–Trinajstić information content (AvgIpc) is 2.57. The molecule has 0 bridgehead atoms. The molecule has 1 fully saturated rings. The van der Waals surface area contributed by atoms with Crippen LogP contribution < -0.4 is 16.0 Å². The van der Waals surface area contributed by atoms with Gasteiger partial charge in [0.15, 0.2) is 0 Å². The van der Waals surface area contributed by atoms with E-state index in [0.717, 1.165) is 17.3 Å². The lowest BCUT2D eigenvalue weighted by Crippen LogP contribution is -2.55. The zero-order valence-corrected chi connectivity index (χ0v) is 15.8. The van der Waals surface area contributed by atoms with Crippen LogP contribution in [0.3, 0.4) is 0 Å². The monoisotopic (exact) mass is 366 g/mol. The van der Waals surface area contributed by atoms with E-state index in [-0.39, 0.29) is 17.8 Å². The first-order chi connectivity index (χ1) is 11.9. The van der Waals surface area contributed by atoms with Crippen LogP contribution >= 0.6 is 11.8 Å². The number of nitrogen functional groups attached to an aromatic ring is 1. The molecule has 0 radical (unpaired) electrons. The van der Waals surface area contributed by atoms with Crippen molar-refractivity contribution in [3.8, 4) is 0 Å². The Morgan fingerprint density at radius 3 is 2.56 bits per heavy atom. The van der Waals surface area contributed by atoms with Gasteiger partial charge in [0.05, 0.1) is 0 Å². The van der Waals surface area contributed by atoms with Gasteiger partial charge in [-0.3, -0.25) is 9.59 Å². The summed E-state index contributed by atoms with van der Waals surface area (Å²) >= 11 is 1.67. The predicted molar refractivity (Wildman–Crippen MR) is 101 cm³/mol. The van der Waals surface area contributed by atoms with Gasteiger partial charge in [0.2, 0.25) is 17.8 Å². The molecule has 1 atom stereocenters. The first kappa shape index (κ1) is 19.3. The molecule has 2 rings (SSSR count). The SMILES string of the molecule is CSCCC(NC(C)=O)C(=O)N1CCN(c2cc(C)nc(N)n2)CC1. The Bertz CT molecular complexity index is 598. The van der Waals surface area contributed by atoms with Crippen molar-refractivity contribution in [2.45, 2.75) is 26.3 Å². The third-order valence-electron chi connectivity index (χ3n) is 4.06. The number of aryl methyl sites for hydroxylation is 1. The third kappa shape index (κ3) is 5.48. The number of nitrogens with one attached hydrogen (secondary N) is 1. The summed E-state index contributed by atoms with van der Waals surface area (Å²) in [6.07, 6.45) is 2.63. The Balaban J connectivity index is 1.97. The van der Waals surface area contributed by atoms with E-state index in [1.54, 1.807) is 11.8 Å². The van der Waals surface area contributed by atoms with Gasteiger partial charge in [-0.05, 0) is 25.4 Å². The lowest BCUT2D eigenvalue weighted by molar-refractivity contribution is -0.136. The van der Waals surface area contributed by atoms with E-state index in [1.807, 2.05) is 24.1 Å². The highest BCUT2D eigenvalue weighted by Gasteiger charge is 2.28. The minimum absolute atomic E-state index is 0.0118. The van der Waals surface area contributed by atoms with Crippen LogP contribution in [0.15, 0.2) is 6.07 Å². The molecule has 2 amide bonds. The number of hydrogen-bond donors (Lipinski definition) is 2. The van der Waals surface area contributed by atoms with Crippen molar-refractivity contribution in [1.29, 1.82) is 0 Å². The highest BCUT2D eigenvalue weighted by molar-refractivity contribution is 7.98. The number of aromatic nitrogens is 2. The molecular formula is C16H26N6O2S. The molecule has 8 nitrogen and oxygen atoms in total. The van der Waals surface area contributed by atoms with E-state index in [9.17, 15) is 9.59 Å². The Hall–Kier alpha value is -2.03. The Labute approximate surface area is 152 Å². The number of thioether (sulfide) groups is 1. The molecule has 1 aliphatic heterocycles. The van der Waals surface area contributed by atoms with Crippen LogP contribution in [0.1, 0.15) is 19.0 Å². The number of amides is 2. The van der Waals surface area contributed by atoms with E-state index in [2.05, 4.69) is 20.2 Å². The fourth-order valence-corrected chi connectivity index (χ4v) is 3.32. The average molecular weight is 366 g/mol. The minimum atomic E-state index is -0.451. The summed E-state index contributed by atoms with van der Waals surface area (Å²) < 4.78 is 0. The van der Waals surface area contributed by atoms with Gasteiger partial charge in [-0.2, -0.15) is 16.7 Å². The Kier molecular flexibility index (Phi) is 6.86. The molecule has 0 aliphatic carbocycles. The molecule has 138 valence electrons. The van der Waals surface area contributed by atoms with Gasteiger partial charge in [0, 0.05) is 44.9 Å². The van der Waals surface area contributed by atoms with Crippen LogP contribution in [0.25, 0.3) is 0 Å². The highest BCUT2D eigenvalue weighted by atomic mass is 32.2. The quantitative estimate of drug-likeness (QED) is 0.745. The molecule has 1 aromatic rings. The molecule has 1 saturated heterocycles. The number of hydrogen-bond acceptors (Lipinski definition) is 7. The topological polar surface area (TPSA) is 104 Å². The second-order valence-corrected chi connectivity index (χ2v) is 7.06. The van der Waals surface area contributed by atoms with Crippen LogP contribution in [0, 0.1) is 6.92 Å². The van der Waals surface area contributed by atoms with Gasteiger partial charge >= 0.3 is 0 Å². The van der Waals surface area contributed by atoms with Crippen molar-refractivity contribution >= 4 is 35.3 Å². The Morgan fingerprint density at radius 1 is 1.32 bits per heavy atom. The molecule has 3 N–H and O–H groups in total. The maximum Gasteiger partial charge on any atom is 0.245 e. The fraction of sp³-hybridized carbons (Fsp3) is 0.625. The molecule has 25 heavy (non-hydrogen) atoms. The minimum Gasteiger partial charge on any atom is -0.368 e. The van der Waals surface area contributed by atoms with Crippen molar-refractivity contribution in [3.05, 3.63) is 11.8 Å². The summed E-state index contributed by atoms with van der Waals surface area (Å²) in [5.74, 6) is 1.69. The number of carbonyl (C=O) groups is 2. The summed E-state index contributed by atoms with van der Waals surface area (Å²) in [5, 5.41) is 2.78. The molecule has 2 heterocycles. The van der Waals surface area contributed by atoms with E-state index < -0.39 is 6.04 Å². The van der Waals surface area contributed by atoms with E-state index in [0.29, 0.717) is 32.6 Å². The van der Waals surface area contributed by atoms with Crippen molar-refractivity contribution in [1.82, 2.24) is 20.2 Å². The first-order valence-corrected chi connectivity index (χ1v) is 9.71. The van der Waals surface area contributed by atoms with Gasteiger partial charge in [0.1, 0.15) is 11.9 Å². The molecule has 0 spiro atoms. The molecule has 0 aromatic carbocycles. The lowest BCUT2D eigenvalue weighted by atomic mass is 10.1. The molecule has 1 unspecified atom stereocenters. The maximum atomic E-state index is 12.7. The summed E-state index contributed by atoms with van der Waals surface area (Å²) in [6.45, 7) is 5.87. The molecular weight excluding hydrogens is 340 g/mol. The van der Waals surface area contributed by atoms with E-state index in [4.69, 9.17) is 5.73 Å². The van der Waals surface area contributed by atoms with E-state index >= 15 is 0 Å². The lowest BCUT2D eigenvalue weighted by Gasteiger charge is -2.37. The molecule has 1 aromatic heterocycles. The fourth-order valence-electron chi connectivity index (χ4n) is 2.85.